The van der Waals surface area contributed by atoms with E-state index in [1.54, 1.807) is 0 Å². The second kappa shape index (κ2) is 3.57. The summed E-state index contributed by atoms with van der Waals surface area (Å²) in [7, 11) is 0. The van der Waals surface area contributed by atoms with E-state index in [2.05, 4.69) is 22.8 Å². The van der Waals surface area contributed by atoms with Crippen LogP contribution in [0.3, 0.4) is 0 Å². The van der Waals surface area contributed by atoms with Crippen molar-refractivity contribution in [2.24, 2.45) is 5.90 Å². The number of nitrogens with one attached hydrogen (secondary N) is 2. The predicted octanol–water partition coefficient (Wildman–Crippen LogP) is -2.18. The molecule has 0 spiro atoms. The molecule has 0 radical (unpaired) electrons. The fraction of sp³-hybridized carbons (Fsp3) is 0. The van der Waals surface area contributed by atoms with Crippen LogP contribution in [0.4, 0.5) is 0 Å². The summed E-state index contributed by atoms with van der Waals surface area (Å²) in [5.41, 5.74) is 2.07. The quantitative estimate of drug-likeness (QED) is 0.357. The standard InChI is InChI=1S/C2H7N3O2/c1-2-4-5(6)7-3/h2,4-5H,1,3H2. The van der Waals surface area contributed by atoms with E-state index in [0.717, 1.165) is 0 Å². The molecule has 0 heterocycles. The maximum atomic E-state index is 9.88. The molecule has 0 aromatic heterocycles. The minimum Gasteiger partial charge on any atom is -0.573 e. The van der Waals surface area contributed by atoms with Gasteiger partial charge >= 0.3 is 0 Å². The van der Waals surface area contributed by atoms with Crippen molar-refractivity contribution in [3.8, 4) is 0 Å². The molecule has 0 aromatic carbocycles. The van der Waals surface area contributed by atoms with E-state index in [1.807, 2.05) is 0 Å². The average Bonchev–Trinajstić information content (AvgIpc) is 1.68. The Kier molecular flexibility index (Phi) is 3.25. The van der Waals surface area contributed by atoms with Gasteiger partial charge < -0.3 is 5.21 Å². The van der Waals surface area contributed by atoms with E-state index >= 15 is 0 Å². The molecule has 0 aliphatic carbocycles. The molecule has 0 fully saturated rings. The smallest absolute Gasteiger partial charge is 0.0456 e. The molecule has 1 unspecified atom stereocenters. The van der Waals surface area contributed by atoms with Crippen molar-refractivity contribution >= 4 is 0 Å². The third-order valence-electron chi connectivity index (χ3n) is 0.327. The third-order valence-corrected chi connectivity index (χ3v) is 0.327. The van der Waals surface area contributed by atoms with Crippen LogP contribution in [0.2, 0.25) is 0 Å². The Hall–Kier alpha value is -0.620. The van der Waals surface area contributed by atoms with Gasteiger partial charge in [0.2, 0.25) is 0 Å². The molecule has 5 nitrogen and oxygen atoms in total. The highest BCUT2D eigenvalue weighted by Gasteiger charge is 1.80. The van der Waals surface area contributed by atoms with E-state index in [4.69, 9.17) is 0 Å². The maximum Gasteiger partial charge on any atom is 0.0456 e. The molecule has 0 amide bonds. The SMILES string of the molecule is C=CN[NH+]([O-])ON. The van der Waals surface area contributed by atoms with Crippen LogP contribution >= 0.6 is 0 Å². The first-order chi connectivity index (χ1) is 3.31. The van der Waals surface area contributed by atoms with E-state index < -0.39 is 5.34 Å². The monoisotopic (exact) mass is 105 g/mol. The Bertz CT molecular complexity index is 56.9. The van der Waals surface area contributed by atoms with Crippen LogP contribution in [0, 0.1) is 5.21 Å². The van der Waals surface area contributed by atoms with Crippen molar-refractivity contribution in [1.29, 1.82) is 0 Å². The zero-order valence-electron chi connectivity index (χ0n) is 3.68. The minimum atomic E-state index is -0.713. The van der Waals surface area contributed by atoms with E-state index in [9.17, 15) is 5.21 Å². The molecule has 0 aliphatic rings. The number of nitrogens with two attached hydrogens (primary N) is 1. The second-order valence-electron chi connectivity index (χ2n) is 0.754. The topological polar surface area (TPSA) is 74.8 Å². The molecule has 5 heteroatoms. The van der Waals surface area contributed by atoms with Crippen LogP contribution in [0.1, 0.15) is 0 Å². The average molecular weight is 105 g/mol. The van der Waals surface area contributed by atoms with Gasteiger partial charge in [0.05, 0.1) is 0 Å². The van der Waals surface area contributed by atoms with Crippen molar-refractivity contribution < 1.29 is 10.3 Å². The van der Waals surface area contributed by atoms with Crippen molar-refractivity contribution in [3.63, 3.8) is 0 Å². The molecule has 42 valence electrons. The summed E-state index contributed by atoms with van der Waals surface area (Å²) in [6.07, 6.45) is 1.18. The first kappa shape index (κ1) is 6.38. The molecule has 0 aromatic rings. The lowest BCUT2D eigenvalue weighted by Gasteiger charge is -2.12. The van der Waals surface area contributed by atoms with Crippen molar-refractivity contribution in [2.45, 2.75) is 0 Å². The van der Waals surface area contributed by atoms with Crippen LogP contribution in [0.5, 0.6) is 0 Å². The highest BCUT2D eigenvalue weighted by molar-refractivity contribution is 4.51. The van der Waals surface area contributed by atoms with Gasteiger partial charge in [-0.15, -0.1) is 5.34 Å². The molecule has 7 heavy (non-hydrogen) atoms. The van der Waals surface area contributed by atoms with Crippen LogP contribution in [0.25, 0.3) is 0 Å². The zero-order chi connectivity index (χ0) is 5.70. The van der Waals surface area contributed by atoms with Gasteiger partial charge in [0, 0.05) is 6.20 Å². The molecule has 0 rings (SSSR count). The lowest BCUT2D eigenvalue weighted by atomic mass is 11.1. The van der Waals surface area contributed by atoms with Gasteiger partial charge in [-0.3, -0.25) is 0 Å². The summed E-state index contributed by atoms with van der Waals surface area (Å²) < 4.78 is 0. The Balaban J connectivity index is 2.98. The molecule has 1 atom stereocenters. The van der Waals surface area contributed by atoms with Crippen molar-refractivity contribution in [3.05, 3.63) is 18.0 Å². The van der Waals surface area contributed by atoms with Crippen LogP contribution in [-0.4, -0.2) is 0 Å². The van der Waals surface area contributed by atoms with Gasteiger partial charge in [-0.2, -0.15) is 5.90 Å². The lowest BCUT2D eigenvalue weighted by Crippen LogP contribution is -3.13. The highest BCUT2D eigenvalue weighted by atomic mass is 17.0. The van der Waals surface area contributed by atoms with Gasteiger partial charge in [0.25, 0.3) is 0 Å². The summed E-state index contributed by atoms with van der Waals surface area (Å²) in [4.78, 5) is 3.67. The van der Waals surface area contributed by atoms with Gasteiger partial charge in [0.1, 0.15) is 0 Å². The molecular formula is C2H7N3O2. The summed E-state index contributed by atoms with van der Waals surface area (Å²) in [5.74, 6) is 4.40. The van der Waals surface area contributed by atoms with Crippen LogP contribution in [0.15, 0.2) is 12.8 Å². The van der Waals surface area contributed by atoms with Gasteiger partial charge in [0.15, 0.2) is 0 Å². The normalized spacial score (nSPS) is 12.9. The number of hydrogen-bond donors (Lipinski definition) is 3. The molecule has 0 aliphatic heterocycles. The van der Waals surface area contributed by atoms with Crippen molar-refractivity contribution in [2.75, 3.05) is 0 Å². The van der Waals surface area contributed by atoms with E-state index in [-0.39, 0.29) is 0 Å². The molecule has 0 saturated heterocycles. The number of quaternary nitrogens is 1. The summed E-state index contributed by atoms with van der Waals surface area (Å²) in [6.45, 7) is 3.18. The third kappa shape index (κ3) is 3.20. The second-order valence-corrected chi connectivity index (χ2v) is 0.754. The van der Waals surface area contributed by atoms with Gasteiger partial charge in [-0.25, -0.2) is 5.43 Å². The molecule has 4 N–H and O–H groups in total. The molecular weight excluding hydrogens is 98.0 g/mol. The van der Waals surface area contributed by atoms with Gasteiger partial charge in [-0.05, 0) is 0 Å². The van der Waals surface area contributed by atoms with Crippen LogP contribution < -0.4 is 16.7 Å². The maximum absolute atomic E-state index is 9.88. The zero-order valence-corrected chi connectivity index (χ0v) is 3.68. The lowest BCUT2D eigenvalue weighted by molar-refractivity contribution is -1.09. The molecule has 0 bridgehead atoms. The summed E-state index contributed by atoms with van der Waals surface area (Å²) >= 11 is 0. The fourth-order valence-electron chi connectivity index (χ4n) is 0.117. The Morgan fingerprint density at radius 1 is 2.00 bits per heavy atom. The van der Waals surface area contributed by atoms with Crippen molar-refractivity contribution in [1.82, 2.24) is 5.43 Å². The largest absolute Gasteiger partial charge is 0.573 e. The van der Waals surface area contributed by atoms with E-state index in [0.29, 0.717) is 0 Å². The number of rotatable bonds is 3. The fourth-order valence-corrected chi connectivity index (χ4v) is 0.117. The Morgan fingerprint density at radius 2 is 2.57 bits per heavy atom. The summed E-state index contributed by atoms with van der Waals surface area (Å²) in [6, 6.07) is 0. The minimum absolute atomic E-state index is 0.713. The first-order valence-corrected chi connectivity index (χ1v) is 1.59. The van der Waals surface area contributed by atoms with E-state index in [1.165, 1.54) is 6.20 Å². The Labute approximate surface area is 40.8 Å². The highest BCUT2D eigenvalue weighted by Crippen LogP contribution is 1.33. The van der Waals surface area contributed by atoms with Crippen LogP contribution in [-0.2, 0) is 4.94 Å². The summed E-state index contributed by atoms with van der Waals surface area (Å²) in [5, 5.41) is 9.17. The molecule has 0 saturated carbocycles. The first-order valence-electron chi connectivity index (χ1n) is 1.59. The van der Waals surface area contributed by atoms with Gasteiger partial charge in [-0.1, -0.05) is 11.5 Å². The number of hydrogen-bond acceptors (Lipinski definition) is 4. The predicted molar refractivity (Wildman–Crippen MR) is 22.9 cm³/mol. The Morgan fingerprint density at radius 3 is 2.71 bits per heavy atom.